The quantitative estimate of drug-likeness (QED) is 0.758. The molecule has 1 aromatic heterocycles. The van der Waals surface area contributed by atoms with Crippen LogP contribution in [0.2, 0.25) is 5.02 Å². The Balaban J connectivity index is 0.00000200. The van der Waals surface area contributed by atoms with Gasteiger partial charge in [-0.05, 0) is 18.7 Å². The lowest BCUT2D eigenvalue weighted by atomic mass is 10.3. The van der Waals surface area contributed by atoms with Gasteiger partial charge >= 0.3 is 0 Å². The molecule has 3 N–H and O–H groups in total. The van der Waals surface area contributed by atoms with E-state index < -0.39 is 0 Å². The van der Waals surface area contributed by atoms with E-state index in [0.29, 0.717) is 36.8 Å². The number of nitrogens with zero attached hydrogens (tertiary/aromatic N) is 2. The predicted octanol–water partition coefficient (Wildman–Crippen LogP) is 1.63. The summed E-state index contributed by atoms with van der Waals surface area (Å²) in [5, 5.41) is 3.17. The molecule has 2 heterocycles. The van der Waals surface area contributed by atoms with E-state index in [1.54, 1.807) is 18.3 Å². The summed E-state index contributed by atoms with van der Waals surface area (Å²) in [5.41, 5.74) is 6.27. The number of carbonyl (C=O) groups is 1. The van der Waals surface area contributed by atoms with Crippen molar-refractivity contribution in [2.24, 2.45) is 5.73 Å². The SMILES string of the molecule is Cl.Cl.NCCC1OC=C(NC=O)N1Cc1ncccc1Cl. The van der Waals surface area contributed by atoms with Crippen LogP contribution in [0.25, 0.3) is 0 Å². The third kappa shape index (κ3) is 4.93. The first-order valence-corrected chi connectivity index (χ1v) is 6.26. The van der Waals surface area contributed by atoms with Crippen molar-refractivity contribution in [2.75, 3.05) is 6.54 Å². The standard InChI is InChI=1S/C12H15ClN4O2.2ClH/c13-9-2-1-5-15-10(9)6-17-11(16-8-18)7-19-12(17)3-4-14;;/h1-2,5,7-8,12H,3-4,6,14H2,(H,16,18);2*1H. The van der Waals surface area contributed by atoms with Crippen molar-refractivity contribution < 1.29 is 9.53 Å². The Morgan fingerprint density at radius 1 is 1.52 bits per heavy atom. The van der Waals surface area contributed by atoms with Crippen LogP contribution in [0.1, 0.15) is 12.1 Å². The molecule has 2 rings (SSSR count). The number of ether oxygens (including phenoxy) is 1. The number of hydrogen-bond acceptors (Lipinski definition) is 5. The maximum Gasteiger partial charge on any atom is 0.212 e. The average molecular weight is 356 g/mol. The molecule has 1 amide bonds. The van der Waals surface area contributed by atoms with Crippen LogP contribution in [0.3, 0.4) is 0 Å². The van der Waals surface area contributed by atoms with Crippen molar-refractivity contribution in [3.05, 3.63) is 41.1 Å². The molecule has 21 heavy (non-hydrogen) atoms. The molecule has 9 heteroatoms. The van der Waals surface area contributed by atoms with Crippen LogP contribution in [0.4, 0.5) is 0 Å². The summed E-state index contributed by atoms with van der Waals surface area (Å²) in [4.78, 5) is 16.7. The van der Waals surface area contributed by atoms with E-state index in [-0.39, 0.29) is 31.0 Å². The molecule has 0 spiro atoms. The fourth-order valence-corrected chi connectivity index (χ4v) is 2.05. The zero-order valence-corrected chi connectivity index (χ0v) is 13.5. The lowest BCUT2D eigenvalue weighted by Gasteiger charge is -2.26. The van der Waals surface area contributed by atoms with Crippen LogP contribution in [-0.4, -0.2) is 29.1 Å². The van der Waals surface area contributed by atoms with Crippen molar-refractivity contribution in [1.29, 1.82) is 0 Å². The second kappa shape index (κ2) is 9.68. The number of amides is 1. The van der Waals surface area contributed by atoms with Crippen LogP contribution in [0.5, 0.6) is 0 Å². The Morgan fingerprint density at radius 3 is 2.90 bits per heavy atom. The first-order chi connectivity index (χ1) is 9.26. The number of aromatic nitrogens is 1. The number of rotatable bonds is 6. The van der Waals surface area contributed by atoms with Gasteiger partial charge in [0, 0.05) is 12.6 Å². The molecule has 0 bridgehead atoms. The van der Waals surface area contributed by atoms with E-state index in [1.807, 2.05) is 4.90 Å². The van der Waals surface area contributed by atoms with E-state index in [2.05, 4.69) is 10.3 Å². The lowest BCUT2D eigenvalue weighted by Crippen LogP contribution is -2.36. The van der Waals surface area contributed by atoms with Crippen LogP contribution in [0.15, 0.2) is 30.4 Å². The molecule has 0 saturated heterocycles. The van der Waals surface area contributed by atoms with Crippen LogP contribution in [0, 0.1) is 0 Å². The normalized spacial score (nSPS) is 16.2. The van der Waals surface area contributed by atoms with Gasteiger partial charge in [-0.1, -0.05) is 11.6 Å². The number of nitrogens with one attached hydrogen (secondary N) is 1. The number of hydrogen-bond donors (Lipinski definition) is 2. The highest BCUT2D eigenvalue weighted by Gasteiger charge is 2.28. The third-order valence-electron chi connectivity index (χ3n) is 2.77. The van der Waals surface area contributed by atoms with Crippen LogP contribution >= 0.6 is 36.4 Å². The number of halogens is 3. The van der Waals surface area contributed by atoms with Gasteiger partial charge in [0.15, 0.2) is 6.23 Å². The summed E-state index contributed by atoms with van der Waals surface area (Å²) in [6.45, 7) is 0.927. The fourth-order valence-electron chi connectivity index (χ4n) is 1.87. The first-order valence-electron chi connectivity index (χ1n) is 5.88. The van der Waals surface area contributed by atoms with E-state index in [1.165, 1.54) is 6.26 Å². The molecule has 1 aliphatic heterocycles. The maximum absolute atomic E-state index is 10.6. The summed E-state index contributed by atoms with van der Waals surface area (Å²) >= 11 is 6.09. The van der Waals surface area contributed by atoms with Gasteiger partial charge in [0.05, 0.1) is 17.3 Å². The minimum Gasteiger partial charge on any atom is -0.474 e. The highest BCUT2D eigenvalue weighted by Crippen LogP contribution is 2.24. The monoisotopic (exact) mass is 354 g/mol. The molecule has 1 aromatic rings. The van der Waals surface area contributed by atoms with Crippen molar-refractivity contribution in [1.82, 2.24) is 15.2 Å². The van der Waals surface area contributed by atoms with Crippen molar-refractivity contribution in [3.8, 4) is 0 Å². The summed E-state index contributed by atoms with van der Waals surface area (Å²) in [6, 6.07) is 3.54. The highest BCUT2D eigenvalue weighted by molar-refractivity contribution is 6.31. The van der Waals surface area contributed by atoms with Gasteiger partial charge in [-0.3, -0.25) is 9.78 Å². The summed E-state index contributed by atoms with van der Waals surface area (Å²) < 4.78 is 5.47. The molecule has 0 aliphatic carbocycles. The van der Waals surface area contributed by atoms with Gasteiger partial charge in [-0.2, -0.15) is 0 Å². The second-order valence-electron chi connectivity index (χ2n) is 3.99. The fraction of sp³-hybridized carbons (Fsp3) is 0.333. The van der Waals surface area contributed by atoms with Gasteiger partial charge in [0.25, 0.3) is 0 Å². The van der Waals surface area contributed by atoms with Crippen LogP contribution in [-0.2, 0) is 16.1 Å². The zero-order valence-electron chi connectivity index (χ0n) is 11.1. The smallest absolute Gasteiger partial charge is 0.212 e. The maximum atomic E-state index is 10.6. The average Bonchev–Trinajstić information content (AvgIpc) is 2.76. The summed E-state index contributed by atoms with van der Waals surface area (Å²) in [6.07, 6.45) is 4.21. The van der Waals surface area contributed by atoms with Crippen molar-refractivity contribution >= 4 is 42.8 Å². The van der Waals surface area contributed by atoms with Gasteiger partial charge in [0.2, 0.25) is 6.41 Å². The molecular weight excluding hydrogens is 339 g/mol. The van der Waals surface area contributed by atoms with Gasteiger partial charge in [0.1, 0.15) is 12.1 Å². The van der Waals surface area contributed by atoms with Crippen LogP contribution < -0.4 is 11.1 Å². The third-order valence-corrected chi connectivity index (χ3v) is 3.11. The summed E-state index contributed by atoms with van der Waals surface area (Å²) in [5.74, 6) is 0.579. The molecule has 118 valence electrons. The van der Waals surface area contributed by atoms with E-state index >= 15 is 0 Å². The van der Waals surface area contributed by atoms with Gasteiger partial charge < -0.3 is 20.7 Å². The predicted molar refractivity (Wildman–Crippen MR) is 85.1 cm³/mol. The minimum atomic E-state index is -0.217. The Kier molecular flexibility index (Phi) is 9.12. The number of nitrogens with two attached hydrogens (primary N) is 1. The Morgan fingerprint density at radius 2 is 2.29 bits per heavy atom. The Hall–Kier alpha value is -1.21. The Bertz CT molecular complexity index is 487. The molecule has 0 fully saturated rings. The van der Waals surface area contributed by atoms with E-state index in [4.69, 9.17) is 22.1 Å². The molecule has 1 unspecified atom stereocenters. The molecule has 1 aliphatic rings. The molecule has 1 atom stereocenters. The van der Waals surface area contributed by atoms with Crippen molar-refractivity contribution in [2.45, 2.75) is 19.2 Å². The van der Waals surface area contributed by atoms with Gasteiger partial charge in [-0.25, -0.2) is 0 Å². The number of pyridine rings is 1. The molecular formula is C12H17Cl3N4O2. The zero-order chi connectivity index (χ0) is 13.7. The summed E-state index contributed by atoms with van der Waals surface area (Å²) in [7, 11) is 0. The largest absolute Gasteiger partial charge is 0.474 e. The topological polar surface area (TPSA) is 80.5 Å². The van der Waals surface area contributed by atoms with Crippen molar-refractivity contribution in [3.63, 3.8) is 0 Å². The van der Waals surface area contributed by atoms with Gasteiger partial charge in [-0.15, -0.1) is 24.8 Å². The van der Waals surface area contributed by atoms with E-state index in [0.717, 1.165) is 5.69 Å². The molecule has 6 nitrogen and oxygen atoms in total. The minimum absolute atomic E-state index is 0. The number of carbonyl (C=O) groups excluding carboxylic acids is 1. The molecule has 0 saturated carbocycles. The lowest BCUT2D eigenvalue weighted by molar-refractivity contribution is -0.109. The second-order valence-corrected chi connectivity index (χ2v) is 4.40. The van der Waals surface area contributed by atoms with E-state index in [9.17, 15) is 4.79 Å². The highest BCUT2D eigenvalue weighted by atomic mass is 35.5. The molecule has 0 aromatic carbocycles. The molecule has 0 radical (unpaired) electrons. The Labute approximate surface area is 140 Å². The first kappa shape index (κ1) is 19.8.